The van der Waals surface area contributed by atoms with Crippen LogP contribution >= 0.6 is 0 Å². The minimum Gasteiger partial charge on any atom is -0.415 e. The lowest BCUT2D eigenvalue weighted by Gasteiger charge is -2.37. The molecule has 2 nitrogen and oxygen atoms in total. The van der Waals surface area contributed by atoms with Crippen LogP contribution in [0.4, 0.5) is 0 Å². The highest BCUT2D eigenvalue weighted by Crippen LogP contribution is 2.36. The first kappa shape index (κ1) is 15.9. The Labute approximate surface area is 102 Å². The van der Waals surface area contributed by atoms with Crippen LogP contribution < -0.4 is 5.73 Å². The summed E-state index contributed by atoms with van der Waals surface area (Å²) < 4.78 is 6.11. The lowest BCUT2D eigenvalue weighted by Crippen LogP contribution is -2.44. The molecule has 0 aliphatic carbocycles. The van der Waals surface area contributed by atoms with Gasteiger partial charge in [-0.25, -0.2) is 0 Å². The molecule has 16 heavy (non-hydrogen) atoms. The van der Waals surface area contributed by atoms with Crippen molar-refractivity contribution in [2.45, 2.75) is 65.2 Å². The summed E-state index contributed by atoms with van der Waals surface area (Å²) in [6.07, 6.45) is 3.12. The van der Waals surface area contributed by atoms with E-state index in [1.54, 1.807) is 0 Å². The molecule has 0 heterocycles. The molecular formula is C13H29NOSi. The number of hydrogen-bond donors (Lipinski definition) is 1. The summed E-state index contributed by atoms with van der Waals surface area (Å²) in [5, 5.41) is 0.259. The zero-order chi connectivity index (χ0) is 13.0. The van der Waals surface area contributed by atoms with E-state index in [1.807, 2.05) is 6.92 Å². The zero-order valence-corrected chi connectivity index (χ0v) is 13.1. The lowest BCUT2D eigenvalue weighted by atomic mass is 10.1. The summed E-state index contributed by atoms with van der Waals surface area (Å²) in [4.78, 5) is 0. The molecular weight excluding hydrogens is 214 g/mol. The lowest BCUT2D eigenvalue weighted by molar-refractivity contribution is 0.273. The van der Waals surface area contributed by atoms with Gasteiger partial charge in [0.05, 0.1) is 6.61 Å². The Hall–Kier alpha value is -0.123. The van der Waals surface area contributed by atoms with Crippen molar-refractivity contribution in [1.82, 2.24) is 0 Å². The molecule has 0 unspecified atom stereocenters. The van der Waals surface area contributed by atoms with E-state index in [0.717, 1.165) is 6.42 Å². The van der Waals surface area contributed by atoms with Gasteiger partial charge in [-0.2, -0.15) is 0 Å². The maximum Gasteiger partial charge on any atom is 0.192 e. The Morgan fingerprint density at radius 3 is 2.19 bits per heavy atom. The largest absolute Gasteiger partial charge is 0.415 e. The second-order valence-electron chi connectivity index (χ2n) is 5.89. The van der Waals surface area contributed by atoms with Crippen LogP contribution in [0.15, 0.2) is 11.6 Å². The molecule has 0 spiro atoms. The summed E-state index contributed by atoms with van der Waals surface area (Å²) in [6, 6.07) is 0.0594. The number of allylic oxidation sites excluding steroid dienone is 1. The van der Waals surface area contributed by atoms with Crippen LogP contribution in [0.25, 0.3) is 0 Å². The Morgan fingerprint density at radius 2 is 1.88 bits per heavy atom. The van der Waals surface area contributed by atoms with Crippen LogP contribution in [0.1, 0.15) is 41.0 Å². The van der Waals surface area contributed by atoms with Gasteiger partial charge in [0.1, 0.15) is 0 Å². The van der Waals surface area contributed by atoms with Gasteiger partial charge in [0.15, 0.2) is 8.32 Å². The Morgan fingerprint density at radius 1 is 1.38 bits per heavy atom. The van der Waals surface area contributed by atoms with Crippen molar-refractivity contribution in [3.63, 3.8) is 0 Å². The molecule has 0 amide bonds. The monoisotopic (exact) mass is 243 g/mol. The van der Waals surface area contributed by atoms with Crippen LogP contribution in [0.3, 0.4) is 0 Å². The highest BCUT2D eigenvalue weighted by molar-refractivity contribution is 6.74. The van der Waals surface area contributed by atoms with Crippen LogP contribution in [-0.4, -0.2) is 21.0 Å². The Kier molecular flexibility index (Phi) is 5.94. The second kappa shape index (κ2) is 5.99. The third-order valence-electron chi connectivity index (χ3n) is 3.69. The van der Waals surface area contributed by atoms with Gasteiger partial charge in [-0.15, -0.1) is 0 Å². The summed E-state index contributed by atoms with van der Waals surface area (Å²) in [6.45, 7) is 16.1. The van der Waals surface area contributed by atoms with Crippen molar-refractivity contribution in [3.8, 4) is 0 Å². The average Bonchev–Trinajstić information content (AvgIpc) is 2.15. The van der Waals surface area contributed by atoms with Gasteiger partial charge in [-0.05, 0) is 31.5 Å². The second-order valence-corrected chi connectivity index (χ2v) is 10.7. The van der Waals surface area contributed by atoms with Crippen molar-refractivity contribution in [3.05, 3.63) is 11.6 Å². The molecule has 2 N–H and O–H groups in total. The maximum absolute atomic E-state index is 6.12. The van der Waals surface area contributed by atoms with Crippen LogP contribution in [0.2, 0.25) is 18.1 Å². The molecule has 0 aromatic heterocycles. The summed E-state index contributed by atoms with van der Waals surface area (Å²) in [7, 11) is -1.65. The molecule has 0 saturated heterocycles. The van der Waals surface area contributed by atoms with E-state index in [4.69, 9.17) is 10.2 Å². The molecule has 0 rings (SSSR count). The SMILES string of the molecule is C/C=C(\CC)[C@H](N)CO[Si](C)(C)C(C)(C)C. The number of nitrogens with two attached hydrogens (primary N) is 1. The molecule has 0 saturated carbocycles. The fraction of sp³-hybridized carbons (Fsp3) is 0.846. The molecule has 1 atom stereocenters. The fourth-order valence-corrected chi connectivity index (χ4v) is 2.33. The van der Waals surface area contributed by atoms with E-state index in [9.17, 15) is 0 Å². The molecule has 96 valence electrons. The normalized spacial score (nSPS) is 16.4. The minimum absolute atomic E-state index is 0.0594. The highest BCUT2D eigenvalue weighted by Gasteiger charge is 2.37. The van der Waals surface area contributed by atoms with Gasteiger partial charge in [0.25, 0.3) is 0 Å². The predicted octanol–water partition coefficient (Wildman–Crippen LogP) is 3.69. The number of hydrogen-bond acceptors (Lipinski definition) is 2. The van der Waals surface area contributed by atoms with Gasteiger partial charge in [0, 0.05) is 6.04 Å². The first-order valence-electron chi connectivity index (χ1n) is 6.20. The maximum atomic E-state index is 6.12. The van der Waals surface area contributed by atoms with E-state index < -0.39 is 8.32 Å². The molecule has 0 aliphatic rings. The van der Waals surface area contributed by atoms with Gasteiger partial charge in [-0.3, -0.25) is 0 Å². The van der Waals surface area contributed by atoms with Crippen LogP contribution in [0, 0.1) is 0 Å². The van der Waals surface area contributed by atoms with Crippen LogP contribution in [0.5, 0.6) is 0 Å². The molecule has 0 aliphatic heterocycles. The first-order valence-corrected chi connectivity index (χ1v) is 9.11. The first-order chi connectivity index (χ1) is 7.15. The molecule has 3 heteroatoms. The zero-order valence-electron chi connectivity index (χ0n) is 12.1. The van der Waals surface area contributed by atoms with Gasteiger partial charge < -0.3 is 10.2 Å². The van der Waals surface area contributed by atoms with Crippen molar-refractivity contribution < 1.29 is 4.43 Å². The molecule has 0 aromatic carbocycles. The third kappa shape index (κ3) is 4.40. The topological polar surface area (TPSA) is 35.2 Å². The molecule has 0 aromatic rings. The van der Waals surface area contributed by atoms with Gasteiger partial charge in [-0.1, -0.05) is 39.3 Å². The highest BCUT2D eigenvalue weighted by atomic mass is 28.4. The fourth-order valence-electron chi connectivity index (χ4n) is 1.30. The van der Waals surface area contributed by atoms with Crippen molar-refractivity contribution in [2.24, 2.45) is 5.73 Å². The Balaban J connectivity index is 4.36. The average molecular weight is 243 g/mol. The quantitative estimate of drug-likeness (QED) is 0.590. The molecule has 0 radical (unpaired) electrons. The summed E-state index contributed by atoms with van der Waals surface area (Å²) in [5.74, 6) is 0. The van der Waals surface area contributed by atoms with Crippen molar-refractivity contribution >= 4 is 8.32 Å². The molecule has 0 bridgehead atoms. The molecule has 0 fully saturated rings. The standard InChI is InChI=1S/C13H29NOSi/c1-8-11(9-2)12(14)10-15-16(6,7)13(3,4)5/h8,12H,9-10,14H2,1-7H3/b11-8+/t12-/m1/s1. The Bertz CT molecular complexity index is 241. The van der Waals surface area contributed by atoms with E-state index >= 15 is 0 Å². The van der Waals surface area contributed by atoms with Crippen molar-refractivity contribution in [1.29, 1.82) is 0 Å². The smallest absolute Gasteiger partial charge is 0.192 e. The third-order valence-corrected chi connectivity index (χ3v) is 8.19. The number of rotatable bonds is 5. The van der Waals surface area contributed by atoms with E-state index in [-0.39, 0.29) is 11.1 Å². The van der Waals surface area contributed by atoms with E-state index in [2.05, 4.69) is 46.9 Å². The predicted molar refractivity (Wildman–Crippen MR) is 75.2 cm³/mol. The van der Waals surface area contributed by atoms with E-state index in [1.165, 1.54) is 5.57 Å². The van der Waals surface area contributed by atoms with Gasteiger partial charge >= 0.3 is 0 Å². The van der Waals surface area contributed by atoms with Gasteiger partial charge in [0.2, 0.25) is 0 Å². The minimum atomic E-state index is -1.65. The van der Waals surface area contributed by atoms with Crippen LogP contribution in [-0.2, 0) is 4.43 Å². The summed E-state index contributed by atoms with van der Waals surface area (Å²) in [5.41, 5.74) is 7.41. The van der Waals surface area contributed by atoms with E-state index in [0.29, 0.717) is 6.61 Å². The van der Waals surface area contributed by atoms with Crippen molar-refractivity contribution in [2.75, 3.05) is 6.61 Å². The summed E-state index contributed by atoms with van der Waals surface area (Å²) >= 11 is 0.